The minimum absolute atomic E-state index is 0.0915. The number of aliphatic hydroxyl groups is 2. The first kappa shape index (κ1) is 10.9. The summed E-state index contributed by atoms with van der Waals surface area (Å²) in [5, 5.41) is 26.1. The van der Waals surface area contributed by atoms with E-state index >= 15 is 0 Å². The van der Waals surface area contributed by atoms with Gasteiger partial charge in [-0.1, -0.05) is 0 Å². The van der Waals surface area contributed by atoms with E-state index in [1.165, 1.54) is 6.07 Å². The summed E-state index contributed by atoms with van der Waals surface area (Å²) in [6, 6.07) is 1.38. The van der Waals surface area contributed by atoms with Crippen LogP contribution in [-0.4, -0.2) is 35.0 Å². The average Bonchev–Trinajstić information content (AvgIpc) is 2.05. The molecule has 0 aliphatic rings. The molecule has 0 radical (unpaired) electrons. The molecule has 1 unspecified atom stereocenters. The molecule has 0 amide bonds. The Bertz CT molecular complexity index is 198. The maximum atomic E-state index is 10.9. The number of nitrogens with zero attached hydrogens (tertiary/aromatic N) is 1. The summed E-state index contributed by atoms with van der Waals surface area (Å²) in [6.07, 6.45) is -0.331. The summed E-state index contributed by atoms with van der Waals surface area (Å²) >= 11 is 0. The van der Waals surface area contributed by atoms with Crippen molar-refractivity contribution in [1.29, 1.82) is 5.26 Å². The summed E-state index contributed by atoms with van der Waals surface area (Å²) in [4.78, 5) is 10.9. The number of hydrogen-bond acceptors (Lipinski definition) is 5. The highest BCUT2D eigenvalue weighted by Gasteiger charge is 2.37. The van der Waals surface area contributed by atoms with Crippen molar-refractivity contribution < 1.29 is 19.7 Å². The predicted octanol–water partition coefficient (Wildman–Crippen LogP) is -0.813. The zero-order valence-electron chi connectivity index (χ0n) is 6.78. The average molecular weight is 173 g/mol. The SMILES string of the molecule is CCOC(=O)C(O)(C#N)CCO. The highest BCUT2D eigenvalue weighted by Crippen LogP contribution is 2.10. The van der Waals surface area contributed by atoms with E-state index < -0.39 is 18.2 Å². The lowest BCUT2D eigenvalue weighted by Gasteiger charge is -2.15. The van der Waals surface area contributed by atoms with Crippen molar-refractivity contribution in [3.8, 4) is 6.07 Å². The Morgan fingerprint density at radius 2 is 2.33 bits per heavy atom. The highest BCUT2D eigenvalue weighted by atomic mass is 16.5. The lowest BCUT2D eigenvalue weighted by molar-refractivity contribution is -0.160. The number of hydrogen-bond donors (Lipinski definition) is 2. The number of rotatable bonds is 4. The molecule has 0 aromatic carbocycles. The zero-order valence-corrected chi connectivity index (χ0v) is 6.78. The van der Waals surface area contributed by atoms with Crippen LogP contribution in [0, 0.1) is 11.3 Å². The van der Waals surface area contributed by atoms with Crippen LogP contribution >= 0.6 is 0 Å². The maximum Gasteiger partial charge on any atom is 0.353 e. The van der Waals surface area contributed by atoms with Crippen molar-refractivity contribution in [3.63, 3.8) is 0 Å². The van der Waals surface area contributed by atoms with Gasteiger partial charge in [0, 0.05) is 13.0 Å². The molecule has 0 aliphatic carbocycles. The topological polar surface area (TPSA) is 90.5 Å². The van der Waals surface area contributed by atoms with Crippen LogP contribution in [0.25, 0.3) is 0 Å². The first-order chi connectivity index (χ1) is 5.60. The Kier molecular flexibility index (Phi) is 4.26. The quantitative estimate of drug-likeness (QED) is 0.428. The van der Waals surface area contributed by atoms with Crippen LogP contribution in [0.15, 0.2) is 0 Å². The van der Waals surface area contributed by atoms with Gasteiger partial charge in [-0.25, -0.2) is 4.79 Å². The van der Waals surface area contributed by atoms with E-state index in [-0.39, 0.29) is 13.0 Å². The van der Waals surface area contributed by atoms with E-state index in [1.807, 2.05) is 0 Å². The van der Waals surface area contributed by atoms with Crippen molar-refractivity contribution in [2.45, 2.75) is 18.9 Å². The molecule has 0 aromatic rings. The van der Waals surface area contributed by atoms with E-state index in [0.717, 1.165) is 0 Å². The van der Waals surface area contributed by atoms with Crippen LogP contribution in [0.1, 0.15) is 13.3 Å². The molecule has 0 aliphatic heterocycles. The van der Waals surface area contributed by atoms with Crippen LogP contribution in [0.4, 0.5) is 0 Å². The number of aliphatic hydroxyl groups excluding tert-OH is 1. The fraction of sp³-hybridized carbons (Fsp3) is 0.714. The fourth-order valence-corrected chi connectivity index (χ4v) is 0.616. The van der Waals surface area contributed by atoms with Gasteiger partial charge in [-0.2, -0.15) is 5.26 Å². The highest BCUT2D eigenvalue weighted by molar-refractivity contribution is 5.82. The Balaban J connectivity index is 4.32. The van der Waals surface area contributed by atoms with Gasteiger partial charge in [-0.15, -0.1) is 0 Å². The zero-order chi connectivity index (χ0) is 9.61. The second-order valence-electron chi connectivity index (χ2n) is 2.17. The fourth-order valence-electron chi connectivity index (χ4n) is 0.616. The Morgan fingerprint density at radius 1 is 1.75 bits per heavy atom. The third kappa shape index (κ3) is 2.49. The molecule has 5 nitrogen and oxygen atoms in total. The second kappa shape index (κ2) is 4.70. The summed E-state index contributed by atoms with van der Waals surface area (Å²) < 4.78 is 4.43. The molecule has 2 N–H and O–H groups in total. The van der Waals surface area contributed by atoms with Gasteiger partial charge in [0.05, 0.1) is 6.61 Å². The van der Waals surface area contributed by atoms with Crippen LogP contribution in [0.5, 0.6) is 0 Å². The summed E-state index contributed by atoms with van der Waals surface area (Å²) in [7, 11) is 0. The van der Waals surface area contributed by atoms with E-state index in [9.17, 15) is 9.90 Å². The molecule has 0 fully saturated rings. The van der Waals surface area contributed by atoms with E-state index in [4.69, 9.17) is 10.4 Å². The lowest BCUT2D eigenvalue weighted by Crippen LogP contribution is -2.39. The maximum absolute atomic E-state index is 10.9. The van der Waals surface area contributed by atoms with Gasteiger partial charge < -0.3 is 14.9 Å². The molecule has 1 atom stereocenters. The van der Waals surface area contributed by atoms with Crippen molar-refractivity contribution in [3.05, 3.63) is 0 Å². The van der Waals surface area contributed by atoms with Crippen LogP contribution in [-0.2, 0) is 9.53 Å². The summed E-state index contributed by atoms with van der Waals surface area (Å²) in [5.74, 6) is -1.01. The predicted molar refractivity (Wildman–Crippen MR) is 38.9 cm³/mol. The molecule has 5 heteroatoms. The van der Waals surface area contributed by atoms with E-state index in [0.29, 0.717) is 0 Å². The van der Waals surface area contributed by atoms with Gasteiger partial charge in [0.15, 0.2) is 0 Å². The number of carbonyl (C=O) groups is 1. The van der Waals surface area contributed by atoms with Gasteiger partial charge in [0.2, 0.25) is 0 Å². The first-order valence-electron chi connectivity index (χ1n) is 3.52. The molecule has 0 saturated heterocycles. The Labute approximate surface area is 70.2 Å². The first-order valence-corrected chi connectivity index (χ1v) is 3.52. The Hall–Kier alpha value is -1.12. The lowest BCUT2D eigenvalue weighted by atomic mass is 10.0. The van der Waals surface area contributed by atoms with Crippen molar-refractivity contribution in [1.82, 2.24) is 0 Å². The molecule has 0 heterocycles. The van der Waals surface area contributed by atoms with Crippen molar-refractivity contribution in [2.75, 3.05) is 13.2 Å². The number of ether oxygens (including phenoxy) is 1. The van der Waals surface area contributed by atoms with E-state index in [1.54, 1.807) is 6.92 Å². The van der Waals surface area contributed by atoms with Gasteiger partial charge >= 0.3 is 5.97 Å². The second-order valence-corrected chi connectivity index (χ2v) is 2.17. The van der Waals surface area contributed by atoms with E-state index in [2.05, 4.69) is 4.74 Å². The Morgan fingerprint density at radius 3 is 2.67 bits per heavy atom. The molecule has 0 spiro atoms. The van der Waals surface area contributed by atoms with Crippen LogP contribution < -0.4 is 0 Å². The molecular formula is C7H11NO4. The summed E-state index contributed by atoms with van der Waals surface area (Å²) in [5.41, 5.74) is -2.20. The minimum atomic E-state index is -2.20. The van der Waals surface area contributed by atoms with Crippen LogP contribution in [0.2, 0.25) is 0 Å². The van der Waals surface area contributed by atoms with Crippen molar-refractivity contribution in [2.24, 2.45) is 0 Å². The minimum Gasteiger partial charge on any atom is -0.463 e. The van der Waals surface area contributed by atoms with Gasteiger partial charge in [0.25, 0.3) is 5.60 Å². The smallest absolute Gasteiger partial charge is 0.353 e. The van der Waals surface area contributed by atoms with Gasteiger partial charge in [0.1, 0.15) is 6.07 Å². The molecule has 68 valence electrons. The van der Waals surface area contributed by atoms with Gasteiger partial charge in [-0.3, -0.25) is 0 Å². The normalized spacial score (nSPS) is 14.5. The summed E-state index contributed by atoms with van der Waals surface area (Å²) in [6.45, 7) is 1.21. The van der Waals surface area contributed by atoms with Gasteiger partial charge in [-0.05, 0) is 6.92 Å². The van der Waals surface area contributed by atoms with Crippen molar-refractivity contribution >= 4 is 5.97 Å². The molecule has 0 rings (SSSR count). The largest absolute Gasteiger partial charge is 0.463 e. The molecular weight excluding hydrogens is 162 g/mol. The monoisotopic (exact) mass is 173 g/mol. The molecule has 0 saturated carbocycles. The number of esters is 1. The molecule has 0 bridgehead atoms. The third-order valence-electron chi connectivity index (χ3n) is 1.27. The standard InChI is InChI=1S/C7H11NO4/c1-2-12-6(10)7(11,5-8)3-4-9/h9,11H,2-4H2,1H3. The number of carbonyl (C=O) groups excluding carboxylic acids is 1. The van der Waals surface area contributed by atoms with Crippen LogP contribution in [0.3, 0.4) is 0 Å². The number of nitriles is 1. The molecule has 12 heavy (non-hydrogen) atoms. The molecule has 0 aromatic heterocycles. The third-order valence-corrected chi connectivity index (χ3v) is 1.27.